The number of hydrogen-bond acceptors (Lipinski definition) is 5. The number of nitrogens with zero attached hydrogens (tertiary/aromatic N) is 6. The highest BCUT2D eigenvalue weighted by molar-refractivity contribution is 6.02. The maximum Gasteiger partial charge on any atom is 0.254 e. The molecule has 10 nitrogen and oxygen atoms in total. The van der Waals surface area contributed by atoms with Gasteiger partial charge in [-0.3, -0.25) is 23.7 Å². The third-order valence-electron chi connectivity index (χ3n) is 7.89. The van der Waals surface area contributed by atoms with Crippen molar-refractivity contribution in [3.05, 3.63) is 83.6 Å². The van der Waals surface area contributed by atoms with Crippen LogP contribution in [0.4, 0.5) is 5.82 Å². The van der Waals surface area contributed by atoms with Gasteiger partial charge in [0.05, 0.1) is 11.0 Å². The zero-order chi connectivity index (χ0) is 27.0. The van der Waals surface area contributed by atoms with Crippen molar-refractivity contribution in [1.29, 1.82) is 0 Å². The first kappa shape index (κ1) is 24.8. The van der Waals surface area contributed by atoms with Gasteiger partial charge in [-0.25, -0.2) is 11.6 Å². The van der Waals surface area contributed by atoms with Gasteiger partial charge in [0.2, 0.25) is 12.5 Å². The number of aromatic nitrogens is 4. The maximum atomic E-state index is 12.3. The predicted octanol–water partition coefficient (Wildman–Crippen LogP) is 3.58. The monoisotopic (exact) mass is 522 g/mol. The van der Waals surface area contributed by atoms with Crippen LogP contribution in [0.5, 0.6) is 0 Å². The molecule has 0 bridgehead atoms. The Bertz CT molecular complexity index is 1570. The lowest BCUT2D eigenvalue weighted by atomic mass is 9.87. The number of rotatable bonds is 8. The minimum absolute atomic E-state index is 0.0234. The van der Waals surface area contributed by atoms with Crippen LogP contribution in [0.1, 0.15) is 41.6 Å². The summed E-state index contributed by atoms with van der Waals surface area (Å²) in [6.45, 7) is 10.2. The van der Waals surface area contributed by atoms with Gasteiger partial charge in [-0.1, -0.05) is 24.3 Å². The van der Waals surface area contributed by atoms with Gasteiger partial charge < -0.3 is 15.9 Å². The van der Waals surface area contributed by atoms with Crippen LogP contribution in [0.25, 0.3) is 21.6 Å². The van der Waals surface area contributed by atoms with Crippen molar-refractivity contribution in [3.63, 3.8) is 0 Å². The van der Waals surface area contributed by atoms with E-state index in [1.165, 1.54) is 5.56 Å². The third-order valence-corrected chi connectivity index (χ3v) is 7.89. The second-order valence-electron chi connectivity index (χ2n) is 10.6. The molecule has 4 aromatic rings. The Labute approximate surface area is 226 Å². The van der Waals surface area contributed by atoms with Crippen LogP contribution < -0.4 is 11.1 Å². The molecule has 2 fully saturated rings. The maximum absolute atomic E-state index is 12.3. The second-order valence-corrected chi connectivity index (χ2v) is 10.6. The van der Waals surface area contributed by atoms with E-state index in [4.69, 9.17) is 12.3 Å². The number of piperidine rings is 1. The Morgan fingerprint density at radius 2 is 1.85 bits per heavy atom. The van der Waals surface area contributed by atoms with E-state index in [2.05, 4.69) is 60.0 Å². The summed E-state index contributed by atoms with van der Waals surface area (Å²) in [4.78, 5) is 35.0. The van der Waals surface area contributed by atoms with Gasteiger partial charge in [0.1, 0.15) is 17.4 Å². The van der Waals surface area contributed by atoms with Crippen molar-refractivity contribution in [2.45, 2.75) is 37.8 Å². The molecule has 2 aromatic heterocycles. The average molecular weight is 523 g/mol. The molecule has 0 radical (unpaired) electrons. The molecule has 3 heterocycles. The van der Waals surface area contributed by atoms with Crippen LogP contribution in [-0.4, -0.2) is 55.7 Å². The van der Waals surface area contributed by atoms with Gasteiger partial charge >= 0.3 is 0 Å². The summed E-state index contributed by atoms with van der Waals surface area (Å²) in [5.41, 5.74) is 9.54. The molecular formula is C29H30N8O2. The van der Waals surface area contributed by atoms with E-state index in [0.717, 1.165) is 49.2 Å². The average Bonchev–Trinajstić information content (AvgIpc) is 3.57. The summed E-state index contributed by atoms with van der Waals surface area (Å²) < 4.78 is 3.79. The van der Waals surface area contributed by atoms with E-state index in [1.54, 1.807) is 10.9 Å². The number of hydrogen-bond donors (Lipinski definition) is 2. The minimum Gasteiger partial charge on any atom is -0.365 e. The molecule has 1 saturated carbocycles. The number of amides is 2. The highest BCUT2D eigenvalue weighted by Gasteiger charge is 2.41. The molecule has 3 N–H and O–H groups in total. The lowest BCUT2D eigenvalue weighted by Gasteiger charge is -2.38. The Morgan fingerprint density at radius 3 is 2.54 bits per heavy atom. The quantitative estimate of drug-likeness (QED) is 0.343. The SMILES string of the molecule is [C-]#[N+]CC1(n2cc(C(N)=O)c(NC(=O)C3CC3)n2)CCN(Cc2ccc(-n3cnc4ccccc43)cc2)CC1. The van der Waals surface area contributed by atoms with Crippen LogP contribution in [-0.2, 0) is 16.9 Å². The number of imidazole rings is 1. The van der Waals surface area contributed by atoms with Gasteiger partial charge in [-0.05, 0) is 55.5 Å². The van der Waals surface area contributed by atoms with Gasteiger partial charge in [0.15, 0.2) is 5.82 Å². The largest absolute Gasteiger partial charge is 0.365 e. The van der Waals surface area contributed by atoms with Crippen molar-refractivity contribution < 1.29 is 9.59 Å². The Kier molecular flexibility index (Phi) is 6.37. The molecule has 39 heavy (non-hydrogen) atoms. The summed E-state index contributed by atoms with van der Waals surface area (Å²) in [7, 11) is 0. The predicted molar refractivity (Wildman–Crippen MR) is 147 cm³/mol. The first-order valence-electron chi connectivity index (χ1n) is 13.2. The Morgan fingerprint density at radius 1 is 1.10 bits per heavy atom. The van der Waals surface area contributed by atoms with Crippen LogP contribution in [0, 0.1) is 12.5 Å². The number of para-hydroxylation sites is 2. The molecule has 0 spiro atoms. The summed E-state index contributed by atoms with van der Waals surface area (Å²) in [5, 5.41) is 7.35. The summed E-state index contributed by atoms with van der Waals surface area (Å²) in [6, 6.07) is 16.6. The lowest BCUT2D eigenvalue weighted by Crippen LogP contribution is -2.48. The van der Waals surface area contributed by atoms with Gasteiger partial charge in [0, 0.05) is 37.4 Å². The van der Waals surface area contributed by atoms with E-state index in [0.29, 0.717) is 12.8 Å². The molecular weight excluding hydrogens is 492 g/mol. The van der Waals surface area contributed by atoms with Crippen molar-refractivity contribution in [2.75, 3.05) is 25.0 Å². The topological polar surface area (TPSA) is 115 Å². The smallest absolute Gasteiger partial charge is 0.254 e. The fraction of sp³-hybridized carbons (Fsp3) is 0.345. The van der Waals surface area contributed by atoms with Crippen molar-refractivity contribution in [1.82, 2.24) is 24.2 Å². The zero-order valence-electron chi connectivity index (χ0n) is 21.6. The molecule has 2 aromatic carbocycles. The Hall–Kier alpha value is -4.49. The molecule has 6 rings (SSSR count). The number of primary amides is 1. The number of carbonyl (C=O) groups is 2. The lowest BCUT2D eigenvalue weighted by molar-refractivity contribution is -0.117. The van der Waals surface area contributed by atoms with Gasteiger partial charge in [-0.2, -0.15) is 5.10 Å². The number of nitrogens with two attached hydrogens (primary N) is 1. The molecule has 2 aliphatic rings. The summed E-state index contributed by atoms with van der Waals surface area (Å²) in [6.07, 6.45) is 6.54. The number of nitrogens with one attached hydrogen (secondary N) is 1. The van der Waals surface area contributed by atoms with Crippen molar-refractivity contribution in [2.24, 2.45) is 11.7 Å². The zero-order valence-corrected chi connectivity index (χ0v) is 21.6. The van der Waals surface area contributed by atoms with Crippen LogP contribution in [0.2, 0.25) is 0 Å². The Balaban J connectivity index is 1.15. The number of anilines is 1. The van der Waals surface area contributed by atoms with E-state index in [-0.39, 0.29) is 29.8 Å². The second kappa shape index (κ2) is 10.0. The fourth-order valence-electron chi connectivity index (χ4n) is 5.37. The van der Waals surface area contributed by atoms with E-state index in [9.17, 15) is 9.59 Å². The molecule has 1 aliphatic carbocycles. The molecule has 10 heteroatoms. The summed E-state index contributed by atoms with van der Waals surface area (Å²) >= 11 is 0. The molecule has 1 aliphatic heterocycles. The van der Waals surface area contributed by atoms with Crippen LogP contribution >= 0.6 is 0 Å². The highest BCUT2D eigenvalue weighted by atomic mass is 16.2. The van der Waals surface area contributed by atoms with E-state index < -0.39 is 11.4 Å². The van der Waals surface area contributed by atoms with E-state index >= 15 is 0 Å². The van der Waals surface area contributed by atoms with Crippen molar-refractivity contribution >= 4 is 28.7 Å². The number of benzene rings is 2. The van der Waals surface area contributed by atoms with E-state index in [1.807, 2.05) is 24.5 Å². The molecule has 198 valence electrons. The summed E-state index contributed by atoms with van der Waals surface area (Å²) in [5.74, 6) is -0.611. The molecule has 0 unspecified atom stereocenters. The normalized spacial score (nSPS) is 17.1. The third kappa shape index (κ3) is 4.89. The standard InChI is InChI=1S/C29H30N8O2/c1-31-18-29(37-17-23(26(30)38)27(34-37)33-28(39)21-8-9-21)12-14-35(15-13-29)16-20-6-10-22(11-7-20)36-19-32-24-4-2-3-5-25(24)36/h2-7,10-11,17,19,21H,8-9,12-16,18H2,(H2,30,38)(H,33,34,39). The number of carbonyl (C=O) groups excluding carboxylic acids is 2. The van der Waals surface area contributed by atoms with Crippen molar-refractivity contribution in [3.8, 4) is 5.69 Å². The van der Waals surface area contributed by atoms with Crippen LogP contribution in [0.15, 0.2) is 61.1 Å². The minimum atomic E-state index is -0.644. The fourth-order valence-corrected chi connectivity index (χ4v) is 5.37. The van der Waals surface area contributed by atoms with Crippen LogP contribution in [0.3, 0.4) is 0 Å². The molecule has 2 amide bonds. The van der Waals surface area contributed by atoms with Gasteiger partial charge in [-0.15, -0.1) is 0 Å². The van der Waals surface area contributed by atoms with Gasteiger partial charge in [0.25, 0.3) is 5.91 Å². The number of likely N-dealkylation sites (tertiary alicyclic amines) is 1. The highest BCUT2D eigenvalue weighted by Crippen LogP contribution is 2.34. The molecule has 1 saturated heterocycles. The molecule has 0 atom stereocenters. The number of fused-ring (bicyclic) bond motifs is 1. The first-order chi connectivity index (χ1) is 19.0. The first-order valence-corrected chi connectivity index (χ1v) is 13.2.